The average Bonchev–Trinajstić information content (AvgIpc) is 2.45. The van der Waals surface area contributed by atoms with Gasteiger partial charge in [0, 0.05) is 24.0 Å². The van der Waals surface area contributed by atoms with Crippen molar-refractivity contribution in [2.45, 2.75) is 44.6 Å². The van der Waals surface area contributed by atoms with E-state index in [1.54, 1.807) is 0 Å². The monoisotopic (exact) mass is 276 g/mol. The molecule has 0 bridgehead atoms. The summed E-state index contributed by atoms with van der Waals surface area (Å²) in [5.74, 6) is -0.0637. The van der Waals surface area contributed by atoms with Gasteiger partial charge in [0.25, 0.3) is 0 Å². The molecule has 0 aromatic rings. The van der Waals surface area contributed by atoms with Gasteiger partial charge in [-0.3, -0.25) is 4.79 Å². The zero-order chi connectivity index (χ0) is 15.2. The Morgan fingerprint density at radius 2 is 2.10 bits per heavy atom. The number of hydrogen-bond donors (Lipinski definition) is 0. The van der Waals surface area contributed by atoms with Crippen LogP contribution in [0.2, 0.25) is 0 Å². The van der Waals surface area contributed by atoms with Crippen LogP contribution in [0.3, 0.4) is 0 Å². The summed E-state index contributed by atoms with van der Waals surface area (Å²) in [6.45, 7) is 1.45. The first-order chi connectivity index (χ1) is 9.45. The van der Waals surface area contributed by atoms with Gasteiger partial charge in [0.2, 0.25) is 0 Å². The van der Waals surface area contributed by atoms with Gasteiger partial charge >= 0.3 is 6.16 Å². The van der Waals surface area contributed by atoms with E-state index in [1.165, 1.54) is 6.92 Å². The molecule has 0 heterocycles. The molecule has 1 aliphatic rings. The highest BCUT2D eigenvalue weighted by Crippen LogP contribution is 2.28. The molecule has 1 atom stereocenters. The summed E-state index contributed by atoms with van der Waals surface area (Å²) in [7, 11) is 1.15. The molecule has 0 N–H and O–H groups in total. The van der Waals surface area contributed by atoms with Crippen molar-refractivity contribution in [3.8, 4) is 12.1 Å². The van der Waals surface area contributed by atoms with Gasteiger partial charge in [-0.2, -0.15) is 10.5 Å². The minimum absolute atomic E-state index is 0.0637. The van der Waals surface area contributed by atoms with Crippen LogP contribution in [0.5, 0.6) is 0 Å². The summed E-state index contributed by atoms with van der Waals surface area (Å²) in [6, 6.07) is 3.93. The van der Waals surface area contributed by atoms with Crippen LogP contribution in [0, 0.1) is 22.7 Å². The molecule has 0 saturated carbocycles. The van der Waals surface area contributed by atoms with Gasteiger partial charge in [0.1, 0.15) is 6.07 Å². The third kappa shape index (κ3) is 3.83. The SMILES string of the molecule is COC(=O)OC(C)(C#N)CCC1=C(C#N)CCCC1=O. The van der Waals surface area contributed by atoms with Crippen LogP contribution in [0.4, 0.5) is 4.79 Å². The Hall–Kier alpha value is -2.34. The zero-order valence-corrected chi connectivity index (χ0v) is 11.6. The van der Waals surface area contributed by atoms with Crippen LogP contribution in [0.1, 0.15) is 39.0 Å². The number of hydrogen-bond acceptors (Lipinski definition) is 6. The fraction of sp³-hybridized carbons (Fsp3) is 0.571. The molecule has 0 fully saturated rings. The number of Topliss-reactive ketones (excluding diaryl/α,β-unsaturated/α-hetero) is 1. The smallest absolute Gasteiger partial charge is 0.438 e. The Labute approximate surface area is 117 Å². The van der Waals surface area contributed by atoms with E-state index in [-0.39, 0.29) is 18.6 Å². The minimum atomic E-state index is -1.38. The first-order valence-electron chi connectivity index (χ1n) is 6.29. The molecule has 106 valence electrons. The highest BCUT2D eigenvalue weighted by atomic mass is 16.7. The molecule has 1 unspecified atom stereocenters. The Bertz CT molecular complexity index is 524. The maximum atomic E-state index is 11.8. The molecule has 0 aromatic heterocycles. The minimum Gasteiger partial charge on any atom is -0.438 e. The van der Waals surface area contributed by atoms with Gasteiger partial charge in [-0.25, -0.2) is 4.79 Å². The van der Waals surface area contributed by atoms with Crippen LogP contribution in [-0.2, 0) is 14.3 Å². The number of nitrogens with zero attached hydrogens (tertiary/aromatic N) is 2. The lowest BCUT2D eigenvalue weighted by molar-refractivity contribution is -0.116. The lowest BCUT2D eigenvalue weighted by Crippen LogP contribution is -2.30. The first kappa shape index (κ1) is 15.7. The molecule has 0 aromatic carbocycles. The lowest BCUT2D eigenvalue weighted by atomic mass is 9.86. The summed E-state index contributed by atoms with van der Waals surface area (Å²) in [5.41, 5.74) is -0.452. The highest BCUT2D eigenvalue weighted by molar-refractivity contribution is 5.97. The van der Waals surface area contributed by atoms with Gasteiger partial charge in [-0.15, -0.1) is 0 Å². The Balaban J connectivity index is 2.80. The predicted octanol–water partition coefficient (Wildman–Crippen LogP) is 2.41. The van der Waals surface area contributed by atoms with Crippen LogP contribution in [0.15, 0.2) is 11.1 Å². The molecule has 0 aliphatic heterocycles. The summed E-state index contributed by atoms with van der Waals surface area (Å²) in [5, 5.41) is 18.1. The molecule has 1 rings (SSSR count). The summed E-state index contributed by atoms with van der Waals surface area (Å²) < 4.78 is 9.25. The van der Waals surface area contributed by atoms with E-state index in [0.717, 1.165) is 7.11 Å². The normalized spacial score (nSPS) is 17.7. The Morgan fingerprint density at radius 3 is 2.65 bits per heavy atom. The number of carbonyl (C=O) groups is 2. The summed E-state index contributed by atoms with van der Waals surface area (Å²) >= 11 is 0. The van der Waals surface area contributed by atoms with Crippen LogP contribution >= 0.6 is 0 Å². The predicted molar refractivity (Wildman–Crippen MR) is 68.2 cm³/mol. The van der Waals surface area contributed by atoms with Gasteiger partial charge in [-0.1, -0.05) is 0 Å². The average molecular weight is 276 g/mol. The van der Waals surface area contributed by atoms with E-state index in [9.17, 15) is 9.59 Å². The van der Waals surface area contributed by atoms with Crippen LogP contribution in [0.25, 0.3) is 0 Å². The molecule has 6 nitrogen and oxygen atoms in total. The number of ketones is 1. The van der Waals surface area contributed by atoms with Crippen molar-refractivity contribution in [3.63, 3.8) is 0 Å². The Morgan fingerprint density at radius 1 is 1.40 bits per heavy atom. The van der Waals surface area contributed by atoms with Crippen molar-refractivity contribution in [2.75, 3.05) is 7.11 Å². The number of allylic oxidation sites excluding steroid dienone is 2. The molecular weight excluding hydrogens is 260 g/mol. The molecule has 6 heteroatoms. The van der Waals surface area contributed by atoms with E-state index >= 15 is 0 Å². The molecule has 0 radical (unpaired) electrons. The quantitative estimate of drug-likeness (QED) is 0.731. The number of carbonyl (C=O) groups excluding carboxylic acids is 2. The Kier molecular flexibility index (Phi) is 5.28. The summed E-state index contributed by atoms with van der Waals surface area (Å²) in [4.78, 5) is 22.9. The fourth-order valence-electron chi connectivity index (χ4n) is 2.03. The molecular formula is C14H16N2O4. The number of rotatable bonds is 4. The van der Waals surface area contributed by atoms with Gasteiger partial charge < -0.3 is 9.47 Å². The van der Waals surface area contributed by atoms with E-state index in [0.29, 0.717) is 30.4 Å². The first-order valence-corrected chi connectivity index (χ1v) is 6.29. The van der Waals surface area contributed by atoms with E-state index < -0.39 is 11.8 Å². The topological polar surface area (TPSA) is 100 Å². The third-order valence-corrected chi connectivity index (χ3v) is 3.23. The van der Waals surface area contributed by atoms with Crippen LogP contribution < -0.4 is 0 Å². The van der Waals surface area contributed by atoms with Gasteiger partial charge in [0.15, 0.2) is 11.4 Å². The largest absolute Gasteiger partial charge is 0.509 e. The third-order valence-electron chi connectivity index (χ3n) is 3.23. The van der Waals surface area contributed by atoms with E-state index in [4.69, 9.17) is 15.3 Å². The molecule has 0 spiro atoms. The maximum Gasteiger partial charge on any atom is 0.509 e. The van der Waals surface area contributed by atoms with Crippen molar-refractivity contribution in [3.05, 3.63) is 11.1 Å². The second kappa shape index (κ2) is 6.72. The summed E-state index contributed by atoms with van der Waals surface area (Å²) in [6.07, 6.45) is 1.12. The van der Waals surface area contributed by atoms with Gasteiger partial charge in [0.05, 0.1) is 13.2 Å². The number of nitriles is 2. The van der Waals surface area contributed by atoms with Crippen molar-refractivity contribution in [1.29, 1.82) is 10.5 Å². The highest BCUT2D eigenvalue weighted by Gasteiger charge is 2.31. The molecule has 0 amide bonds. The number of ether oxygens (including phenoxy) is 2. The molecule has 1 aliphatic carbocycles. The second-order valence-electron chi connectivity index (χ2n) is 4.74. The maximum absolute atomic E-state index is 11.8. The van der Waals surface area contributed by atoms with Crippen molar-refractivity contribution < 1.29 is 19.1 Å². The van der Waals surface area contributed by atoms with Crippen molar-refractivity contribution in [1.82, 2.24) is 0 Å². The van der Waals surface area contributed by atoms with Crippen LogP contribution in [-0.4, -0.2) is 24.6 Å². The fourth-order valence-corrected chi connectivity index (χ4v) is 2.03. The van der Waals surface area contributed by atoms with Crippen molar-refractivity contribution >= 4 is 11.9 Å². The molecule has 20 heavy (non-hydrogen) atoms. The van der Waals surface area contributed by atoms with Crippen molar-refractivity contribution in [2.24, 2.45) is 0 Å². The van der Waals surface area contributed by atoms with E-state index in [1.807, 2.05) is 12.1 Å². The second-order valence-corrected chi connectivity index (χ2v) is 4.74. The van der Waals surface area contributed by atoms with E-state index in [2.05, 4.69) is 4.74 Å². The zero-order valence-electron chi connectivity index (χ0n) is 11.6. The number of methoxy groups -OCH3 is 1. The van der Waals surface area contributed by atoms with Gasteiger partial charge in [-0.05, 0) is 26.2 Å². The lowest BCUT2D eigenvalue weighted by Gasteiger charge is -2.22. The molecule has 0 saturated heterocycles. The standard InChI is InChI=1S/C14H16N2O4/c1-14(9-16,20-13(18)19-2)7-6-11-10(8-15)4-3-5-12(11)17/h3-7H2,1-2H3.